The molecule has 1 saturated heterocycles. The Hall–Kier alpha value is -2.01. The number of Topliss-reactive ketones (excluding diaryl/α,β-unsaturated/α-hetero) is 1. The molecular weight excluding hydrogens is 307 g/mol. The molecule has 0 spiro atoms. The van der Waals surface area contributed by atoms with Crippen LogP contribution in [-0.2, 0) is 4.79 Å². The summed E-state index contributed by atoms with van der Waals surface area (Å²) in [7, 11) is 0. The smallest absolute Gasteiger partial charge is 0.299 e. The van der Waals surface area contributed by atoms with Gasteiger partial charge in [-0.05, 0) is 57.5 Å². The maximum atomic E-state index is 14.1. The predicted molar refractivity (Wildman–Crippen MR) is 90.6 cm³/mol. The fraction of sp³-hybridized carbons (Fsp3) is 0.474. The summed E-state index contributed by atoms with van der Waals surface area (Å²) in [5.74, 6) is -1.63. The molecule has 1 aromatic rings. The molecule has 5 heteroatoms. The van der Waals surface area contributed by atoms with Crippen molar-refractivity contribution in [1.82, 2.24) is 4.90 Å². The van der Waals surface area contributed by atoms with Crippen LogP contribution >= 0.6 is 0 Å². The summed E-state index contributed by atoms with van der Waals surface area (Å²) in [4.78, 5) is 28.6. The quantitative estimate of drug-likeness (QED) is 0.784. The van der Waals surface area contributed by atoms with Crippen LogP contribution in [0.15, 0.2) is 18.2 Å². The number of ketones is 1. The van der Waals surface area contributed by atoms with E-state index in [-0.39, 0.29) is 5.56 Å². The summed E-state index contributed by atoms with van der Waals surface area (Å²) >= 11 is 0. The van der Waals surface area contributed by atoms with Crippen molar-refractivity contribution in [3.05, 3.63) is 35.2 Å². The molecule has 0 aliphatic carbocycles. The van der Waals surface area contributed by atoms with Crippen molar-refractivity contribution in [2.45, 2.75) is 38.6 Å². The van der Waals surface area contributed by atoms with Crippen LogP contribution in [0.2, 0.25) is 0 Å². The molecule has 0 radical (unpaired) electrons. The molecule has 4 nitrogen and oxygen atoms in total. The highest BCUT2D eigenvalue weighted by Gasteiger charge is 2.47. The molecule has 0 aromatic heterocycles. The summed E-state index contributed by atoms with van der Waals surface area (Å²) in [5.41, 5.74) is 1.90. The van der Waals surface area contributed by atoms with E-state index in [1.54, 1.807) is 0 Å². The normalized spacial score (nSPS) is 22.6. The van der Waals surface area contributed by atoms with Gasteiger partial charge in [-0.15, -0.1) is 0 Å². The minimum Gasteiger partial charge on any atom is -0.299 e. The second-order valence-electron chi connectivity index (χ2n) is 7.48. The Bertz CT molecular complexity index is 776. The first kappa shape index (κ1) is 15.5. The van der Waals surface area contributed by atoms with Crippen molar-refractivity contribution in [2.75, 3.05) is 24.5 Å². The van der Waals surface area contributed by atoms with Crippen molar-refractivity contribution >= 4 is 23.0 Å². The van der Waals surface area contributed by atoms with Crippen molar-refractivity contribution in [3.8, 4) is 0 Å². The van der Waals surface area contributed by atoms with E-state index in [4.69, 9.17) is 0 Å². The van der Waals surface area contributed by atoms with Gasteiger partial charge in [0.15, 0.2) is 0 Å². The van der Waals surface area contributed by atoms with Crippen LogP contribution in [0, 0.1) is 5.82 Å². The van der Waals surface area contributed by atoms with Crippen LogP contribution in [-0.4, -0.2) is 41.8 Å². The maximum Gasteiger partial charge on any atom is 0.300 e. The average Bonchev–Trinajstić information content (AvgIpc) is 2.79. The highest BCUT2D eigenvalue weighted by atomic mass is 19.1. The molecule has 0 saturated carbocycles. The molecule has 126 valence electrons. The Kier molecular flexibility index (Phi) is 3.39. The van der Waals surface area contributed by atoms with Gasteiger partial charge in [0.05, 0.1) is 16.8 Å². The van der Waals surface area contributed by atoms with Crippen LogP contribution in [0.4, 0.5) is 10.1 Å². The number of amides is 1. The summed E-state index contributed by atoms with van der Waals surface area (Å²) in [6, 6.07) is 2.65. The van der Waals surface area contributed by atoms with Gasteiger partial charge in [0.25, 0.3) is 11.7 Å². The molecular formula is C19H21FN2O2. The van der Waals surface area contributed by atoms with Gasteiger partial charge in [0.2, 0.25) is 0 Å². The third kappa shape index (κ3) is 2.22. The molecule has 3 aliphatic rings. The highest BCUT2D eigenvalue weighted by molar-refractivity contribution is 6.53. The highest BCUT2D eigenvalue weighted by Crippen LogP contribution is 2.45. The summed E-state index contributed by atoms with van der Waals surface area (Å²) in [5, 5.41) is 0. The number of piperidine rings is 1. The van der Waals surface area contributed by atoms with Crippen LogP contribution < -0.4 is 4.90 Å². The minimum absolute atomic E-state index is 0.201. The topological polar surface area (TPSA) is 40.6 Å². The van der Waals surface area contributed by atoms with Gasteiger partial charge in [-0.1, -0.05) is 12.5 Å². The predicted octanol–water partition coefficient (Wildman–Crippen LogP) is 3.02. The van der Waals surface area contributed by atoms with Gasteiger partial charge in [-0.3, -0.25) is 19.4 Å². The molecule has 0 atom stereocenters. The van der Waals surface area contributed by atoms with Crippen LogP contribution in [0.5, 0.6) is 0 Å². The van der Waals surface area contributed by atoms with Crippen LogP contribution in [0.3, 0.4) is 0 Å². The number of rotatable bonds is 2. The molecule has 0 N–H and O–H groups in total. The largest absolute Gasteiger partial charge is 0.300 e. The number of halogens is 1. The third-order valence-electron chi connectivity index (χ3n) is 5.23. The Morgan fingerprint density at radius 1 is 1.08 bits per heavy atom. The van der Waals surface area contributed by atoms with Gasteiger partial charge < -0.3 is 0 Å². The van der Waals surface area contributed by atoms with E-state index in [9.17, 15) is 14.0 Å². The number of nitrogens with zero attached hydrogens (tertiary/aromatic N) is 2. The number of carbonyl (C=O) groups is 2. The van der Waals surface area contributed by atoms with E-state index in [0.29, 0.717) is 11.3 Å². The number of benzene rings is 1. The molecule has 1 fully saturated rings. The molecule has 0 bridgehead atoms. The fourth-order valence-corrected chi connectivity index (χ4v) is 4.18. The third-order valence-corrected chi connectivity index (χ3v) is 5.23. The van der Waals surface area contributed by atoms with Crippen molar-refractivity contribution in [3.63, 3.8) is 0 Å². The monoisotopic (exact) mass is 328 g/mol. The summed E-state index contributed by atoms with van der Waals surface area (Å²) in [6.45, 7) is 6.66. The lowest BCUT2D eigenvalue weighted by Crippen LogP contribution is -2.48. The van der Waals surface area contributed by atoms with Gasteiger partial charge in [0, 0.05) is 12.1 Å². The molecule has 3 heterocycles. The second kappa shape index (κ2) is 5.24. The minimum atomic E-state index is -0.605. The van der Waals surface area contributed by atoms with Crippen LogP contribution in [0.25, 0.3) is 5.57 Å². The molecule has 3 aliphatic heterocycles. The van der Waals surface area contributed by atoms with Gasteiger partial charge in [0.1, 0.15) is 5.82 Å². The first-order valence-corrected chi connectivity index (χ1v) is 8.55. The second-order valence-corrected chi connectivity index (χ2v) is 7.48. The van der Waals surface area contributed by atoms with E-state index >= 15 is 0 Å². The Labute approximate surface area is 140 Å². The molecule has 0 unspecified atom stereocenters. The van der Waals surface area contributed by atoms with Gasteiger partial charge in [-0.25, -0.2) is 4.39 Å². The van der Waals surface area contributed by atoms with Crippen molar-refractivity contribution < 1.29 is 14.0 Å². The number of hydrogen-bond acceptors (Lipinski definition) is 3. The Morgan fingerprint density at radius 3 is 2.46 bits per heavy atom. The number of hydrogen-bond donors (Lipinski definition) is 0. The number of carbonyl (C=O) groups excluding carboxylic acids is 2. The first-order chi connectivity index (χ1) is 11.4. The lowest BCUT2D eigenvalue weighted by molar-refractivity contribution is -0.115. The van der Waals surface area contributed by atoms with E-state index < -0.39 is 23.0 Å². The van der Waals surface area contributed by atoms with Gasteiger partial charge >= 0.3 is 0 Å². The molecule has 24 heavy (non-hydrogen) atoms. The average molecular weight is 328 g/mol. The zero-order valence-electron chi connectivity index (χ0n) is 14.1. The lowest BCUT2D eigenvalue weighted by Gasteiger charge is -2.40. The molecule has 1 aromatic carbocycles. The number of likely N-dealkylation sites (tertiary alicyclic amines) is 1. The summed E-state index contributed by atoms with van der Waals surface area (Å²) in [6.07, 6.45) is 5.64. The lowest BCUT2D eigenvalue weighted by atomic mass is 9.87. The fourth-order valence-electron chi connectivity index (χ4n) is 4.18. The van der Waals surface area contributed by atoms with E-state index in [1.165, 1.54) is 36.3 Å². The van der Waals surface area contributed by atoms with E-state index in [0.717, 1.165) is 25.2 Å². The van der Waals surface area contributed by atoms with Crippen LogP contribution in [0.1, 0.15) is 49.0 Å². The number of anilines is 1. The molecule has 4 rings (SSSR count). The molecule has 1 amide bonds. The Morgan fingerprint density at radius 2 is 1.75 bits per heavy atom. The zero-order chi connectivity index (χ0) is 17.1. The van der Waals surface area contributed by atoms with Crippen molar-refractivity contribution in [1.29, 1.82) is 0 Å². The van der Waals surface area contributed by atoms with Gasteiger partial charge in [-0.2, -0.15) is 0 Å². The van der Waals surface area contributed by atoms with E-state index in [1.807, 2.05) is 19.9 Å². The standard InChI is InChI=1S/C19H21FN2O2/c1-19(2)10-12(11-21-6-4-3-5-7-21)14-8-13(20)9-15-16(14)22(19)18(24)17(15)23/h8-10H,3-7,11H2,1-2H3. The SMILES string of the molecule is CC1(C)C=C(CN2CCCCC2)c2cc(F)cc3c2N1C(=O)C3=O. The first-order valence-electron chi connectivity index (χ1n) is 8.55. The Balaban J connectivity index is 1.83. The summed E-state index contributed by atoms with van der Waals surface area (Å²) < 4.78 is 14.1. The zero-order valence-corrected chi connectivity index (χ0v) is 14.1. The van der Waals surface area contributed by atoms with E-state index in [2.05, 4.69) is 4.90 Å². The maximum absolute atomic E-state index is 14.1. The van der Waals surface area contributed by atoms with Crippen molar-refractivity contribution in [2.24, 2.45) is 0 Å².